The highest BCUT2D eigenvalue weighted by atomic mass is 32.1. The lowest BCUT2D eigenvalue weighted by Gasteiger charge is -1.97. The van der Waals surface area contributed by atoms with Crippen molar-refractivity contribution < 1.29 is 9.21 Å². The summed E-state index contributed by atoms with van der Waals surface area (Å²) >= 11 is 1.31. The Morgan fingerprint density at radius 2 is 1.86 bits per heavy atom. The van der Waals surface area contributed by atoms with E-state index in [9.17, 15) is 4.79 Å². The maximum absolute atomic E-state index is 12.1. The first kappa shape index (κ1) is 14.4. The lowest BCUT2D eigenvalue weighted by Crippen LogP contribution is -2.12. The van der Waals surface area contributed by atoms with Crippen LogP contribution in [0.25, 0.3) is 10.6 Å². The zero-order valence-corrected chi connectivity index (χ0v) is 13.2. The number of benzene rings is 1. The third-order valence-electron chi connectivity index (χ3n) is 3.05. The molecule has 3 rings (SSSR count). The molecule has 2 heterocycles. The Morgan fingerprint density at radius 3 is 2.50 bits per heavy atom. The molecular weight excluding hydrogens is 300 g/mol. The third-order valence-corrected chi connectivity index (χ3v) is 3.94. The highest BCUT2D eigenvalue weighted by Crippen LogP contribution is 2.27. The number of carbonyl (C=O) groups excluding carboxylic acids is 1. The molecule has 0 aliphatic rings. The van der Waals surface area contributed by atoms with Crippen LogP contribution < -0.4 is 5.32 Å². The third kappa shape index (κ3) is 2.89. The largest absolute Gasteiger partial charge is 0.436 e. The van der Waals surface area contributed by atoms with Gasteiger partial charge in [-0.15, -0.1) is 10.2 Å². The zero-order chi connectivity index (χ0) is 15.7. The second-order valence-corrected chi connectivity index (χ2v) is 5.86. The van der Waals surface area contributed by atoms with Gasteiger partial charge in [0.2, 0.25) is 10.9 Å². The van der Waals surface area contributed by atoms with Crippen molar-refractivity contribution in [3.05, 3.63) is 47.2 Å². The Balaban J connectivity index is 1.78. The molecule has 1 amide bonds. The Morgan fingerprint density at radius 1 is 1.14 bits per heavy atom. The number of hydrogen-bond acceptors (Lipinski definition) is 6. The van der Waals surface area contributed by atoms with E-state index in [1.807, 2.05) is 31.2 Å². The molecule has 0 saturated carbocycles. The van der Waals surface area contributed by atoms with E-state index in [4.69, 9.17) is 4.42 Å². The van der Waals surface area contributed by atoms with Crippen molar-refractivity contribution in [1.29, 1.82) is 0 Å². The molecule has 0 saturated heterocycles. The topological polar surface area (TPSA) is 80.9 Å². The van der Waals surface area contributed by atoms with E-state index in [0.717, 1.165) is 10.6 Å². The molecule has 22 heavy (non-hydrogen) atoms. The fraction of sp³-hybridized carbons (Fsp3) is 0.200. The minimum absolute atomic E-state index is 0.199. The van der Waals surface area contributed by atoms with Crippen molar-refractivity contribution in [1.82, 2.24) is 15.2 Å². The minimum atomic E-state index is -0.371. The zero-order valence-electron chi connectivity index (χ0n) is 12.4. The lowest BCUT2D eigenvalue weighted by atomic mass is 10.2. The fourth-order valence-electron chi connectivity index (χ4n) is 1.98. The number of rotatable bonds is 3. The molecule has 7 heteroatoms. The highest BCUT2D eigenvalue weighted by molar-refractivity contribution is 7.18. The van der Waals surface area contributed by atoms with Crippen LogP contribution in [-0.4, -0.2) is 21.1 Å². The Labute approximate surface area is 131 Å². The van der Waals surface area contributed by atoms with Gasteiger partial charge in [-0.2, -0.15) is 0 Å². The average molecular weight is 314 g/mol. The van der Waals surface area contributed by atoms with Crippen molar-refractivity contribution in [2.24, 2.45) is 0 Å². The quantitative estimate of drug-likeness (QED) is 0.801. The minimum Gasteiger partial charge on any atom is -0.436 e. The SMILES string of the molecule is Cc1ccc(-c2nnc(NC(=O)c3oc(C)nc3C)s2)cc1. The number of amides is 1. The number of nitrogens with one attached hydrogen (secondary N) is 1. The van der Waals surface area contributed by atoms with Crippen LogP contribution in [0.5, 0.6) is 0 Å². The molecule has 0 bridgehead atoms. The van der Waals surface area contributed by atoms with E-state index >= 15 is 0 Å². The number of oxazole rings is 1. The van der Waals surface area contributed by atoms with E-state index in [-0.39, 0.29) is 11.7 Å². The summed E-state index contributed by atoms with van der Waals surface area (Å²) in [5.74, 6) is 0.287. The van der Waals surface area contributed by atoms with Crippen LogP contribution in [0.4, 0.5) is 5.13 Å². The van der Waals surface area contributed by atoms with Gasteiger partial charge in [0.25, 0.3) is 5.91 Å². The van der Waals surface area contributed by atoms with Gasteiger partial charge in [-0.3, -0.25) is 10.1 Å². The standard InChI is InChI=1S/C15H14N4O2S/c1-8-4-6-11(7-5-8)14-18-19-15(22-14)17-13(20)12-9(2)16-10(3)21-12/h4-7H,1-3H3,(H,17,19,20). The molecule has 1 aromatic carbocycles. The first-order valence-electron chi connectivity index (χ1n) is 6.69. The van der Waals surface area contributed by atoms with Crippen LogP contribution >= 0.6 is 11.3 Å². The summed E-state index contributed by atoms with van der Waals surface area (Å²) in [7, 11) is 0. The van der Waals surface area contributed by atoms with Gasteiger partial charge in [-0.25, -0.2) is 4.98 Å². The smallest absolute Gasteiger partial charge is 0.295 e. The molecule has 0 atom stereocenters. The molecule has 0 unspecified atom stereocenters. The molecule has 112 valence electrons. The van der Waals surface area contributed by atoms with Gasteiger partial charge in [-0.1, -0.05) is 41.2 Å². The number of carbonyl (C=O) groups is 1. The Hall–Kier alpha value is -2.54. The number of hydrogen-bond donors (Lipinski definition) is 1. The molecular formula is C15H14N4O2S. The van der Waals surface area contributed by atoms with Gasteiger partial charge in [0.05, 0.1) is 5.69 Å². The predicted molar refractivity (Wildman–Crippen MR) is 84.0 cm³/mol. The van der Waals surface area contributed by atoms with Gasteiger partial charge < -0.3 is 4.42 Å². The summed E-state index contributed by atoms with van der Waals surface area (Å²) in [6, 6.07) is 7.97. The van der Waals surface area contributed by atoms with E-state index in [0.29, 0.717) is 16.7 Å². The second-order valence-electron chi connectivity index (χ2n) is 4.88. The van der Waals surface area contributed by atoms with E-state index in [1.165, 1.54) is 16.9 Å². The Kier molecular flexibility index (Phi) is 3.72. The van der Waals surface area contributed by atoms with Gasteiger partial charge in [0.15, 0.2) is 5.89 Å². The molecule has 6 nitrogen and oxygen atoms in total. The summed E-state index contributed by atoms with van der Waals surface area (Å²) in [4.78, 5) is 16.2. The van der Waals surface area contributed by atoms with E-state index < -0.39 is 0 Å². The van der Waals surface area contributed by atoms with E-state index in [2.05, 4.69) is 20.5 Å². The molecule has 0 fully saturated rings. The van der Waals surface area contributed by atoms with Gasteiger partial charge in [-0.05, 0) is 13.8 Å². The van der Waals surface area contributed by atoms with Crippen LogP contribution in [0.1, 0.15) is 27.7 Å². The lowest BCUT2D eigenvalue weighted by molar-refractivity contribution is 0.0994. The van der Waals surface area contributed by atoms with Crippen LogP contribution in [0.15, 0.2) is 28.7 Å². The van der Waals surface area contributed by atoms with Gasteiger partial charge in [0.1, 0.15) is 5.01 Å². The summed E-state index contributed by atoms with van der Waals surface area (Å²) < 4.78 is 5.29. The molecule has 2 aromatic heterocycles. The van der Waals surface area contributed by atoms with Crippen molar-refractivity contribution in [2.45, 2.75) is 20.8 Å². The number of anilines is 1. The molecule has 1 N–H and O–H groups in total. The number of aromatic nitrogens is 3. The number of nitrogens with zero attached hydrogens (tertiary/aromatic N) is 3. The van der Waals surface area contributed by atoms with Crippen LogP contribution in [0, 0.1) is 20.8 Å². The van der Waals surface area contributed by atoms with Crippen molar-refractivity contribution in [2.75, 3.05) is 5.32 Å². The van der Waals surface area contributed by atoms with Crippen LogP contribution in [0.2, 0.25) is 0 Å². The second kappa shape index (κ2) is 5.69. The van der Waals surface area contributed by atoms with Crippen molar-refractivity contribution in [3.8, 4) is 10.6 Å². The van der Waals surface area contributed by atoms with Crippen molar-refractivity contribution in [3.63, 3.8) is 0 Å². The molecule has 0 spiro atoms. The first-order valence-corrected chi connectivity index (χ1v) is 7.50. The van der Waals surface area contributed by atoms with Crippen LogP contribution in [-0.2, 0) is 0 Å². The molecule has 3 aromatic rings. The summed E-state index contributed by atoms with van der Waals surface area (Å²) in [6.45, 7) is 5.45. The summed E-state index contributed by atoms with van der Waals surface area (Å²) in [5, 5.41) is 12.0. The van der Waals surface area contributed by atoms with Gasteiger partial charge in [0, 0.05) is 12.5 Å². The fourth-order valence-corrected chi connectivity index (χ4v) is 2.73. The molecule has 0 aliphatic carbocycles. The molecule has 0 aliphatic heterocycles. The predicted octanol–water partition coefficient (Wildman–Crippen LogP) is 3.37. The normalized spacial score (nSPS) is 10.7. The van der Waals surface area contributed by atoms with Crippen molar-refractivity contribution >= 4 is 22.4 Å². The average Bonchev–Trinajstić information content (AvgIpc) is 3.06. The van der Waals surface area contributed by atoms with E-state index in [1.54, 1.807) is 13.8 Å². The maximum atomic E-state index is 12.1. The van der Waals surface area contributed by atoms with Gasteiger partial charge >= 0.3 is 0 Å². The summed E-state index contributed by atoms with van der Waals surface area (Å²) in [5.41, 5.74) is 2.70. The van der Waals surface area contributed by atoms with Crippen LogP contribution in [0.3, 0.4) is 0 Å². The first-order chi connectivity index (χ1) is 10.5. The maximum Gasteiger partial charge on any atom is 0.295 e. The summed E-state index contributed by atoms with van der Waals surface area (Å²) in [6.07, 6.45) is 0. The number of aryl methyl sites for hydroxylation is 3. The highest BCUT2D eigenvalue weighted by Gasteiger charge is 2.18. The molecule has 0 radical (unpaired) electrons. The monoisotopic (exact) mass is 314 g/mol. The Bertz CT molecular complexity index is 820.